The van der Waals surface area contributed by atoms with E-state index in [9.17, 15) is 14.4 Å². The first-order valence-electron chi connectivity index (χ1n) is 8.92. The Morgan fingerprint density at radius 2 is 1.86 bits per heavy atom. The molecule has 0 unspecified atom stereocenters. The van der Waals surface area contributed by atoms with E-state index in [4.69, 9.17) is 18.9 Å². The van der Waals surface area contributed by atoms with Crippen molar-refractivity contribution in [1.82, 2.24) is 5.32 Å². The summed E-state index contributed by atoms with van der Waals surface area (Å²) >= 11 is 0. The number of carbonyl (C=O) groups is 3. The first-order chi connectivity index (χ1) is 14.1. The molecule has 2 N–H and O–H groups in total. The number of esters is 1. The number of nitrogens with one attached hydrogen (secondary N) is 2. The summed E-state index contributed by atoms with van der Waals surface area (Å²) in [5.74, 6) is -0.205. The number of hydrogen-bond acceptors (Lipinski definition) is 7. The molecule has 1 aliphatic heterocycles. The molecule has 1 heterocycles. The molecule has 0 bridgehead atoms. The zero-order valence-corrected chi connectivity index (χ0v) is 15.7. The first-order valence-corrected chi connectivity index (χ1v) is 8.92. The summed E-state index contributed by atoms with van der Waals surface area (Å²) in [6, 6.07) is 11.6. The average Bonchev–Trinajstić information content (AvgIpc) is 3.20. The molecule has 9 heteroatoms. The van der Waals surface area contributed by atoms with E-state index < -0.39 is 24.4 Å². The Balaban J connectivity index is 1.43. The van der Waals surface area contributed by atoms with Crippen molar-refractivity contribution >= 4 is 23.5 Å². The van der Waals surface area contributed by atoms with Gasteiger partial charge >= 0.3 is 5.97 Å². The van der Waals surface area contributed by atoms with Crippen LogP contribution in [0.1, 0.15) is 17.3 Å². The molecule has 0 saturated carbocycles. The summed E-state index contributed by atoms with van der Waals surface area (Å²) in [7, 11) is 0. The van der Waals surface area contributed by atoms with Gasteiger partial charge in [-0.15, -0.1) is 0 Å². The highest BCUT2D eigenvalue weighted by atomic mass is 16.7. The van der Waals surface area contributed by atoms with Crippen LogP contribution >= 0.6 is 0 Å². The molecule has 9 nitrogen and oxygen atoms in total. The topological polar surface area (TPSA) is 112 Å². The molecule has 0 radical (unpaired) electrons. The van der Waals surface area contributed by atoms with Crippen LogP contribution in [0.4, 0.5) is 5.69 Å². The normalized spacial score (nSPS) is 11.5. The number of anilines is 1. The average molecular weight is 400 g/mol. The van der Waals surface area contributed by atoms with Gasteiger partial charge in [-0.1, -0.05) is 12.1 Å². The second-order valence-corrected chi connectivity index (χ2v) is 5.89. The first kappa shape index (κ1) is 20.0. The number of para-hydroxylation sites is 2. The quantitative estimate of drug-likeness (QED) is 0.649. The lowest BCUT2D eigenvalue weighted by Crippen LogP contribution is -2.32. The highest BCUT2D eigenvalue weighted by molar-refractivity contribution is 5.97. The molecule has 1 aliphatic rings. The fraction of sp³-hybridized carbons (Fsp3) is 0.250. The lowest BCUT2D eigenvalue weighted by molar-refractivity contribution is -0.146. The molecule has 0 aromatic heterocycles. The number of ether oxygens (including phenoxy) is 4. The van der Waals surface area contributed by atoms with E-state index in [1.807, 2.05) is 6.92 Å². The fourth-order valence-electron chi connectivity index (χ4n) is 2.53. The van der Waals surface area contributed by atoms with Gasteiger partial charge in [0.05, 0.1) is 12.3 Å². The highest BCUT2D eigenvalue weighted by Crippen LogP contribution is 2.32. The van der Waals surface area contributed by atoms with Gasteiger partial charge in [-0.3, -0.25) is 14.4 Å². The molecular weight excluding hydrogens is 380 g/mol. The summed E-state index contributed by atoms with van der Waals surface area (Å²) in [6.45, 7) is 1.52. The smallest absolute Gasteiger partial charge is 0.325 e. The Labute approximate surface area is 166 Å². The predicted molar refractivity (Wildman–Crippen MR) is 102 cm³/mol. The van der Waals surface area contributed by atoms with Crippen molar-refractivity contribution < 1.29 is 33.3 Å². The number of carbonyl (C=O) groups excluding carboxylic acids is 3. The van der Waals surface area contributed by atoms with E-state index in [1.165, 1.54) is 6.07 Å². The third-order valence-corrected chi connectivity index (χ3v) is 3.85. The molecule has 3 rings (SSSR count). The van der Waals surface area contributed by atoms with Crippen LogP contribution in [-0.2, 0) is 14.3 Å². The van der Waals surface area contributed by atoms with Gasteiger partial charge in [0, 0.05) is 5.56 Å². The molecule has 2 amide bonds. The van der Waals surface area contributed by atoms with Crippen LogP contribution in [0.2, 0.25) is 0 Å². The summed E-state index contributed by atoms with van der Waals surface area (Å²) in [5.41, 5.74) is 0.791. The van der Waals surface area contributed by atoms with Crippen LogP contribution in [-0.4, -0.2) is 44.3 Å². The predicted octanol–water partition coefficient (Wildman–Crippen LogP) is 1.73. The SMILES string of the molecule is CCOc1ccccc1NC(=O)COC(=O)CNC(=O)c1ccc2c(c1)OCO2. The number of hydrogen-bond donors (Lipinski definition) is 2. The van der Waals surface area contributed by atoms with E-state index in [1.54, 1.807) is 36.4 Å². The van der Waals surface area contributed by atoms with Crippen LogP contribution in [0.25, 0.3) is 0 Å². The second kappa shape index (κ2) is 9.45. The Kier molecular flexibility index (Phi) is 6.51. The van der Waals surface area contributed by atoms with Crippen molar-refractivity contribution in [3.8, 4) is 17.2 Å². The Morgan fingerprint density at radius 1 is 1.07 bits per heavy atom. The minimum absolute atomic E-state index is 0.101. The summed E-state index contributed by atoms with van der Waals surface area (Å²) in [4.78, 5) is 35.9. The Bertz CT molecular complexity index is 913. The Hall–Kier alpha value is -3.75. The molecule has 29 heavy (non-hydrogen) atoms. The molecule has 152 valence electrons. The van der Waals surface area contributed by atoms with Gasteiger partial charge in [0.15, 0.2) is 18.1 Å². The fourth-order valence-corrected chi connectivity index (χ4v) is 2.53. The van der Waals surface area contributed by atoms with Gasteiger partial charge in [0.25, 0.3) is 11.8 Å². The van der Waals surface area contributed by atoms with E-state index in [2.05, 4.69) is 10.6 Å². The minimum atomic E-state index is -0.743. The minimum Gasteiger partial charge on any atom is -0.492 e. The third-order valence-electron chi connectivity index (χ3n) is 3.85. The molecule has 2 aromatic carbocycles. The van der Waals surface area contributed by atoms with Crippen LogP contribution in [0.15, 0.2) is 42.5 Å². The number of amides is 2. The van der Waals surface area contributed by atoms with Gasteiger partial charge in [0.2, 0.25) is 6.79 Å². The zero-order chi connectivity index (χ0) is 20.6. The van der Waals surface area contributed by atoms with Crippen LogP contribution in [0, 0.1) is 0 Å². The van der Waals surface area contributed by atoms with E-state index in [0.717, 1.165) is 0 Å². The number of rotatable bonds is 8. The third kappa shape index (κ3) is 5.38. The summed E-state index contributed by atoms with van der Waals surface area (Å²) in [5, 5.41) is 5.04. The molecular formula is C20H20N2O7. The molecule has 0 atom stereocenters. The lowest BCUT2D eigenvalue weighted by Gasteiger charge is -2.11. The molecule has 0 spiro atoms. The van der Waals surface area contributed by atoms with Gasteiger partial charge in [0.1, 0.15) is 12.3 Å². The van der Waals surface area contributed by atoms with Crippen LogP contribution < -0.4 is 24.8 Å². The van der Waals surface area contributed by atoms with Gasteiger partial charge < -0.3 is 29.6 Å². The second-order valence-electron chi connectivity index (χ2n) is 5.89. The molecule has 0 fully saturated rings. The largest absolute Gasteiger partial charge is 0.492 e. The number of benzene rings is 2. The molecule has 2 aromatic rings. The van der Waals surface area contributed by atoms with E-state index in [-0.39, 0.29) is 13.3 Å². The molecule has 0 saturated heterocycles. The van der Waals surface area contributed by atoms with E-state index >= 15 is 0 Å². The van der Waals surface area contributed by atoms with Gasteiger partial charge in [-0.25, -0.2) is 0 Å². The number of fused-ring (bicyclic) bond motifs is 1. The highest BCUT2D eigenvalue weighted by Gasteiger charge is 2.17. The standard InChI is InChI=1S/C20H20N2O7/c1-2-26-15-6-4-3-5-14(15)22-18(23)11-27-19(24)10-21-20(25)13-7-8-16-17(9-13)29-12-28-16/h3-9H,2,10-12H2,1H3,(H,21,25)(H,22,23). The van der Waals surface area contributed by atoms with Crippen molar-refractivity contribution in [3.05, 3.63) is 48.0 Å². The summed E-state index contributed by atoms with van der Waals surface area (Å²) in [6.07, 6.45) is 0. The molecule has 0 aliphatic carbocycles. The zero-order valence-electron chi connectivity index (χ0n) is 15.7. The van der Waals surface area contributed by atoms with Crippen LogP contribution in [0.5, 0.6) is 17.2 Å². The summed E-state index contributed by atoms with van der Waals surface area (Å²) < 4.78 is 20.7. The van der Waals surface area contributed by atoms with Crippen molar-refractivity contribution in [3.63, 3.8) is 0 Å². The Morgan fingerprint density at radius 3 is 2.69 bits per heavy atom. The van der Waals surface area contributed by atoms with E-state index in [0.29, 0.717) is 35.1 Å². The lowest BCUT2D eigenvalue weighted by atomic mass is 10.2. The van der Waals surface area contributed by atoms with Crippen molar-refractivity contribution in [2.45, 2.75) is 6.92 Å². The van der Waals surface area contributed by atoms with Gasteiger partial charge in [-0.2, -0.15) is 0 Å². The van der Waals surface area contributed by atoms with Crippen molar-refractivity contribution in [1.29, 1.82) is 0 Å². The van der Waals surface area contributed by atoms with Crippen molar-refractivity contribution in [2.75, 3.05) is 31.9 Å². The maximum absolute atomic E-state index is 12.1. The maximum atomic E-state index is 12.1. The maximum Gasteiger partial charge on any atom is 0.325 e. The van der Waals surface area contributed by atoms with Gasteiger partial charge in [-0.05, 0) is 37.3 Å². The van der Waals surface area contributed by atoms with Crippen LogP contribution in [0.3, 0.4) is 0 Å². The van der Waals surface area contributed by atoms with Crippen molar-refractivity contribution in [2.24, 2.45) is 0 Å². The monoisotopic (exact) mass is 400 g/mol.